The third kappa shape index (κ3) is 5.82. The van der Waals surface area contributed by atoms with Gasteiger partial charge in [-0.05, 0) is 25.3 Å². The van der Waals surface area contributed by atoms with Gasteiger partial charge in [-0.25, -0.2) is 0 Å². The molecule has 102 valence electrons. The highest BCUT2D eigenvalue weighted by Gasteiger charge is 2.18. The van der Waals surface area contributed by atoms with E-state index in [4.69, 9.17) is 4.74 Å². The lowest BCUT2D eigenvalue weighted by Gasteiger charge is -2.15. The lowest BCUT2D eigenvalue weighted by molar-refractivity contribution is -0.128. The van der Waals surface area contributed by atoms with E-state index in [2.05, 4.69) is 11.9 Å². The molecule has 1 rings (SSSR count). The van der Waals surface area contributed by atoms with Crippen molar-refractivity contribution >= 4 is 11.8 Å². The fourth-order valence-electron chi connectivity index (χ4n) is 1.83. The summed E-state index contributed by atoms with van der Waals surface area (Å²) in [6, 6.07) is 0. The highest BCUT2D eigenvalue weighted by atomic mass is 16.5. The van der Waals surface area contributed by atoms with Gasteiger partial charge in [0.05, 0.1) is 6.61 Å². The fourth-order valence-corrected chi connectivity index (χ4v) is 1.83. The maximum Gasteiger partial charge on any atom is 0.243 e. The van der Waals surface area contributed by atoms with E-state index in [1.165, 1.54) is 6.08 Å². The number of rotatable bonds is 9. The molecule has 0 aromatic carbocycles. The quantitative estimate of drug-likeness (QED) is 0.487. The molecule has 2 amide bonds. The Bertz CT molecular complexity index is 292. The minimum atomic E-state index is -0.136. The summed E-state index contributed by atoms with van der Waals surface area (Å²) in [7, 11) is 0. The minimum Gasteiger partial charge on any atom is -0.380 e. The van der Waals surface area contributed by atoms with Crippen LogP contribution in [-0.4, -0.2) is 49.6 Å². The summed E-state index contributed by atoms with van der Waals surface area (Å²) in [5.74, 6) is 0.106. The zero-order valence-electron chi connectivity index (χ0n) is 10.8. The number of unbranched alkanes of at least 4 members (excludes halogenated alkanes) is 1. The predicted molar refractivity (Wildman–Crippen MR) is 69.1 cm³/mol. The van der Waals surface area contributed by atoms with Gasteiger partial charge in [-0.1, -0.05) is 6.58 Å². The minimum absolute atomic E-state index is 0.136. The van der Waals surface area contributed by atoms with Crippen LogP contribution in [0.2, 0.25) is 0 Å². The Morgan fingerprint density at radius 2 is 2.28 bits per heavy atom. The Hall–Kier alpha value is -1.36. The Balaban J connectivity index is 1.85. The molecule has 1 saturated heterocycles. The van der Waals surface area contributed by atoms with Gasteiger partial charge in [0.1, 0.15) is 0 Å². The van der Waals surface area contributed by atoms with Crippen LogP contribution in [0.25, 0.3) is 0 Å². The lowest BCUT2D eigenvalue weighted by Crippen LogP contribution is -2.28. The van der Waals surface area contributed by atoms with Gasteiger partial charge in [0.15, 0.2) is 0 Å². The van der Waals surface area contributed by atoms with Gasteiger partial charge in [0.2, 0.25) is 11.8 Å². The zero-order valence-corrected chi connectivity index (χ0v) is 10.8. The molecule has 0 aromatic rings. The topological polar surface area (TPSA) is 58.6 Å². The van der Waals surface area contributed by atoms with Gasteiger partial charge in [-0.3, -0.25) is 9.59 Å². The molecule has 1 heterocycles. The maximum atomic E-state index is 11.3. The second kappa shape index (κ2) is 8.69. The van der Waals surface area contributed by atoms with Crippen molar-refractivity contribution < 1.29 is 14.3 Å². The summed E-state index contributed by atoms with van der Waals surface area (Å²) in [6.45, 7) is 6.87. The number of likely N-dealkylation sites (tertiary alicyclic amines) is 1. The van der Waals surface area contributed by atoms with Crippen LogP contribution >= 0.6 is 0 Å². The molecule has 1 N–H and O–H groups in total. The first-order valence-electron chi connectivity index (χ1n) is 6.50. The predicted octanol–water partition coefficient (Wildman–Crippen LogP) is 0.708. The van der Waals surface area contributed by atoms with E-state index in [0.717, 1.165) is 25.8 Å². The molecular formula is C13H22N2O3. The van der Waals surface area contributed by atoms with Crippen LogP contribution in [0.1, 0.15) is 25.7 Å². The van der Waals surface area contributed by atoms with Crippen LogP contribution in [0.5, 0.6) is 0 Å². The van der Waals surface area contributed by atoms with Crippen molar-refractivity contribution in [2.45, 2.75) is 25.7 Å². The molecule has 5 nitrogen and oxygen atoms in total. The van der Waals surface area contributed by atoms with Crippen molar-refractivity contribution in [3.05, 3.63) is 12.7 Å². The standard InChI is InChI=1S/C13H22N2O3/c1-2-12(16)14-7-3-4-10-18-11-9-15-8-5-6-13(15)17/h2H,1,3-11H2,(H,14,16). The number of ether oxygens (including phenoxy) is 1. The number of nitrogens with one attached hydrogen (secondary N) is 1. The molecule has 1 fully saturated rings. The molecule has 0 aromatic heterocycles. The normalized spacial score (nSPS) is 14.9. The third-order valence-corrected chi connectivity index (χ3v) is 2.88. The van der Waals surface area contributed by atoms with Crippen molar-refractivity contribution in [2.75, 3.05) is 32.8 Å². The van der Waals surface area contributed by atoms with Gasteiger partial charge in [0, 0.05) is 32.7 Å². The Morgan fingerprint density at radius 1 is 1.44 bits per heavy atom. The Morgan fingerprint density at radius 3 is 2.94 bits per heavy atom. The third-order valence-electron chi connectivity index (χ3n) is 2.88. The van der Waals surface area contributed by atoms with Crippen LogP contribution in [0.3, 0.4) is 0 Å². The average Bonchev–Trinajstić information content (AvgIpc) is 2.78. The van der Waals surface area contributed by atoms with Crippen LogP contribution in [0.15, 0.2) is 12.7 Å². The first-order valence-corrected chi connectivity index (χ1v) is 6.50. The fraction of sp³-hybridized carbons (Fsp3) is 0.692. The van der Waals surface area contributed by atoms with Gasteiger partial charge in [-0.15, -0.1) is 0 Å². The summed E-state index contributed by atoms with van der Waals surface area (Å²) in [5.41, 5.74) is 0. The van der Waals surface area contributed by atoms with Gasteiger partial charge >= 0.3 is 0 Å². The van der Waals surface area contributed by atoms with E-state index >= 15 is 0 Å². The number of carbonyl (C=O) groups is 2. The van der Waals surface area contributed by atoms with Crippen molar-refractivity contribution in [1.82, 2.24) is 10.2 Å². The lowest BCUT2D eigenvalue weighted by atomic mass is 10.3. The van der Waals surface area contributed by atoms with Crippen LogP contribution in [0, 0.1) is 0 Å². The molecule has 1 aliphatic heterocycles. The summed E-state index contributed by atoms with van der Waals surface area (Å²) in [5, 5.41) is 2.71. The van der Waals surface area contributed by atoms with Gasteiger partial charge < -0.3 is 15.0 Å². The second-order valence-electron chi connectivity index (χ2n) is 4.30. The summed E-state index contributed by atoms with van der Waals surface area (Å²) >= 11 is 0. The van der Waals surface area contributed by atoms with E-state index in [1.54, 1.807) is 0 Å². The van der Waals surface area contributed by atoms with E-state index < -0.39 is 0 Å². The second-order valence-corrected chi connectivity index (χ2v) is 4.30. The molecule has 0 aliphatic carbocycles. The van der Waals surface area contributed by atoms with Gasteiger partial charge in [-0.2, -0.15) is 0 Å². The smallest absolute Gasteiger partial charge is 0.243 e. The van der Waals surface area contributed by atoms with Crippen molar-refractivity contribution in [3.63, 3.8) is 0 Å². The first kappa shape index (κ1) is 14.7. The molecule has 0 radical (unpaired) electrons. The van der Waals surface area contributed by atoms with Crippen molar-refractivity contribution in [2.24, 2.45) is 0 Å². The first-order chi connectivity index (χ1) is 8.74. The van der Waals surface area contributed by atoms with E-state index in [1.807, 2.05) is 4.90 Å². The highest BCUT2D eigenvalue weighted by molar-refractivity contribution is 5.86. The number of nitrogens with zero attached hydrogens (tertiary/aromatic N) is 1. The molecule has 0 unspecified atom stereocenters. The zero-order chi connectivity index (χ0) is 13.2. The Labute approximate surface area is 108 Å². The average molecular weight is 254 g/mol. The summed E-state index contributed by atoms with van der Waals surface area (Å²) in [6.07, 6.45) is 4.72. The van der Waals surface area contributed by atoms with Gasteiger partial charge in [0.25, 0.3) is 0 Å². The van der Waals surface area contributed by atoms with E-state index in [0.29, 0.717) is 32.7 Å². The van der Waals surface area contributed by atoms with E-state index in [-0.39, 0.29) is 11.8 Å². The SMILES string of the molecule is C=CC(=O)NCCCCOCCN1CCCC1=O. The summed E-state index contributed by atoms with van der Waals surface area (Å²) < 4.78 is 5.45. The van der Waals surface area contributed by atoms with Crippen molar-refractivity contribution in [3.8, 4) is 0 Å². The van der Waals surface area contributed by atoms with Crippen LogP contribution in [-0.2, 0) is 14.3 Å². The highest BCUT2D eigenvalue weighted by Crippen LogP contribution is 2.08. The maximum absolute atomic E-state index is 11.3. The molecule has 0 saturated carbocycles. The number of amides is 2. The largest absolute Gasteiger partial charge is 0.380 e. The Kier molecular flexibility index (Phi) is 7.10. The molecular weight excluding hydrogens is 232 g/mol. The molecule has 0 atom stereocenters. The monoisotopic (exact) mass is 254 g/mol. The van der Waals surface area contributed by atoms with Crippen LogP contribution < -0.4 is 5.32 Å². The molecule has 0 spiro atoms. The number of carbonyl (C=O) groups excluding carboxylic acids is 2. The molecule has 1 aliphatic rings. The molecule has 18 heavy (non-hydrogen) atoms. The number of hydrogen-bond donors (Lipinski definition) is 1. The van der Waals surface area contributed by atoms with Crippen LogP contribution in [0.4, 0.5) is 0 Å². The van der Waals surface area contributed by atoms with Crippen molar-refractivity contribution in [1.29, 1.82) is 0 Å². The summed E-state index contributed by atoms with van der Waals surface area (Å²) in [4.78, 5) is 24.0. The number of hydrogen-bond acceptors (Lipinski definition) is 3. The van der Waals surface area contributed by atoms with E-state index in [9.17, 15) is 9.59 Å². The molecule has 5 heteroatoms. The molecule has 0 bridgehead atoms.